The molecule has 0 N–H and O–H groups in total. The first-order chi connectivity index (χ1) is 13.4. The van der Waals surface area contributed by atoms with E-state index in [0.717, 1.165) is 11.3 Å². The minimum atomic E-state index is -0.696. The average Bonchev–Trinajstić information content (AvgIpc) is 2.67. The van der Waals surface area contributed by atoms with E-state index in [-0.39, 0.29) is 17.5 Å². The number of hydrogen-bond donors (Lipinski definition) is 0. The number of nitrogens with zero attached hydrogens (tertiary/aromatic N) is 2. The predicted octanol–water partition coefficient (Wildman–Crippen LogP) is 5.78. The molecule has 0 fully saturated rings. The molecular weight excluding hydrogens is 359 g/mol. The zero-order valence-corrected chi connectivity index (χ0v) is 15.5. The van der Waals surface area contributed by atoms with Gasteiger partial charge < -0.3 is 9.64 Å². The van der Waals surface area contributed by atoms with Crippen molar-refractivity contribution in [2.24, 2.45) is 0 Å². The maximum Gasteiger partial charge on any atom is 0.273 e. The molecule has 0 radical (unpaired) electrons. The largest absolute Gasteiger partial charge is 0.483 e. The lowest BCUT2D eigenvalue weighted by Crippen LogP contribution is -2.48. The molecule has 0 amide bonds. The molecule has 0 bridgehead atoms. The smallest absolute Gasteiger partial charge is 0.273 e. The van der Waals surface area contributed by atoms with Crippen molar-refractivity contribution in [3.8, 4) is 5.75 Å². The number of hydrogen-bond acceptors (Lipinski definition) is 4. The van der Waals surface area contributed by atoms with Gasteiger partial charge in [-0.05, 0) is 49.7 Å². The molecular formula is C22H19FN2O3. The van der Waals surface area contributed by atoms with E-state index < -0.39 is 10.5 Å². The van der Waals surface area contributed by atoms with Gasteiger partial charge in [-0.15, -0.1) is 0 Å². The molecule has 3 aromatic carbocycles. The SMILES string of the molecule is CC1(C)Oc2cc([N+](=O)[O-])ccc2N(c2ccc(F)cc2)C1c1ccccc1. The first kappa shape index (κ1) is 18.0. The zero-order valence-electron chi connectivity index (χ0n) is 15.5. The Labute approximate surface area is 162 Å². The highest BCUT2D eigenvalue weighted by atomic mass is 19.1. The van der Waals surface area contributed by atoms with Crippen molar-refractivity contribution in [1.82, 2.24) is 0 Å². The lowest BCUT2D eigenvalue weighted by molar-refractivity contribution is -0.385. The second kappa shape index (κ2) is 6.64. The summed E-state index contributed by atoms with van der Waals surface area (Å²) in [5.41, 5.74) is 1.78. The van der Waals surface area contributed by atoms with Crippen molar-refractivity contribution < 1.29 is 14.1 Å². The molecule has 3 aromatic rings. The minimum absolute atomic E-state index is 0.0354. The summed E-state index contributed by atoms with van der Waals surface area (Å²) in [5.74, 6) is 0.104. The van der Waals surface area contributed by atoms with Gasteiger partial charge in [0.05, 0.1) is 22.7 Å². The van der Waals surface area contributed by atoms with Crippen molar-refractivity contribution in [2.45, 2.75) is 25.5 Å². The fourth-order valence-electron chi connectivity index (χ4n) is 3.76. The number of fused-ring (bicyclic) bond motifs is 1. The fourth-order valence-corrected chi connectivity index (χ4v) is 3.76. The Morgan fingerprint density at radius 2 is 1.71 bits per heavy atom. The Kier molecular flexibility index (Phi) is 4.26. The quantitative estimate of drug-likeness (QED) is 0.428. The molecule has 0 aromatic heterocycles. The summed E-state index contributed by atoms with van der Waals surface area (Å²) >= 11 is 0. The number of non-ortho nitro benzene ring substituents is 1. The van der Waals surface area contributed by atoms with E-state index in [1.165, 1.54) is 24.3 Å². The Hall–Kier alpha value is -3.41. The Bertz CT molecular complexity index is 1020. The van der Waals surface area contributed by atoms with Gasteiger partial charge in [0, 0.05) is 11.8 Å². The highest BCUT2D eigenvalue weighted by molar-refractivity contribution is 5.74. The number of nitro benzene ring substituents is 1. The number of rotatable bonds is 3. The average molecular weight is 378 g/mol. The molecule has 1 heterocycles. The minimum Gasteiger partial charge on any atom is -0.483 e. The van der Waals surface area contributed by atoms with E-state index in [2.05, 4.69) is 4.90 Å². The lowest BCUT2D eigenvalue weighted by atomic mass is 9.87. The van der Waals surface area contributed by atoms with Crippen LogP contribution in [0.1, 0.15) is 25.5 Å². The van der Waals surface area contributed by atoms with Crippen LogP contribution in [0.3, 0.4) is 0 Å². The van der Waals surface area contributed by atoms with Crippen molar-refractivity contribution in [2.75, 3.05) is 4.90 Å². The van der Waals surface area contributed by atoms with Gasteiger partial charge in [0.15, 0.2) is 5.75 Å². The molecule has 5 nitrogen and oxygen atoms in total. The van der Waals surface area contributed by atoms with Crippen LogP contribution in [0.5, 0.6) is 5.75 Å². The van der Waals surface area contributed by atoms with E-state index in [4.69, 9.17) is 4.74 Å². The third kappa shape index (κ3) is 3.07. The standard InChI is InChI=1S/C22H19FN2O3/c1-22(2)21(15-6-4-3-5-7-15)24(17-10-8-16(23)9-11-17)19-13-12-18(25(26)27)14-20(19)28-22/h3-14,21H,1-2H3. The molecule has 0 saturated heterocycles. The Morgan fingerprint density at radius 3 is 2.36 bits per heavy atom. The maximum atomic E-state index is 13.5. The summed E-state index contributed by atoms with van der Waals surface area (Å²) in [5, 5.41) is 11.2. The second-order valence-electron chi connectivity index (χ2n) is 7.27. The molecule has 4 rings (SSSR count). The lowest BCUT2D eigenvalue weighted by Gasteiger charge is -2.48. The molecule has 142 valence electrons. The molecule has 0 spiro atoms. The van der Waals surface area contributed by atoms with Gasteiger partial charge in [0.1, 0.15) is 11.4 Å². The van der Waals surface area contributed by atoms with E-state index in [1.807, 2.05) is 44.2 Å². The fraction of sp³-hybridized carbons (Fsp3) is 0.182. The number of anilines is 2. The monoisotopic (exact) mass is 378 g/mol. The van der Waals surface area contributed by atoms with Crippen LogP contribution in [-0.2, 0) is 0 Å². The van der Waals surface area contributed by atoms with E-state index >= 15 is 0 Å². The molecule has 28 heavy (non-hydrogen) atoms. The molecule has 1 unspecified atom stereocenters. The number of nitro groups is 1. The van der Waals surface area contributed by atoms with E-state index in [1.54, 1.807) is 18.2 Å². The Balaban J connectivity index is 1.95. The molecule has 1 aliphatic heterocycles. The van der Waals surface area contributed by atoms with Crippen molar-refractivity contribution in [1.29, 1.82) is 0 Å². The third-order valence-electron chi connectivity index (χ3n) is 4.92. The van der Waals surface area contributed by atoms with E-state index in [0.29, 0.717) is 11.4 Å². The van der Waals surface area contributed by atoms with Gasteiger partial charge in [0.25, 0.3) is 5.69 Å². The van der Waals surface area contributed by atoms with Crippen LogP contribution in [0, 0.1) is 15.9 Å². The summed E-state index contributed by atoms with van der Waals surface area (Å²) in [6.45, 7) is 3.89. The molecule has 1 aliphatic rings. The van der Waals surface area contributed by atoms with Crippen LogP contribution in [0.2, 0.25) is 0 Å². The number of benzene rings is 3. The first-order valence-electron chi connectivity index (χ1n) is 8.94. The summed E-state index contributed by atoms with van der Waals surface area (Å²) in [7, 11) is 0. The van der Waals surface area contributed by atoms with Gasteiger partial charge in [-0.1, -0.05) is 30.3 Å². The first-order valence-corrected chi connectivity index (χ1v) is 8.94. The van der Waals surface area contributed by atoms with Crippen LogP contribution in [0.15, 0.2) is 72.8 Å². The third-order valence-corrected chi connectivity index (χ3v) is 4.92. The summed E-state index contributed by atoms with van der Waals surface area (Å²) < 4.78 is 19.8. The van der Waals surface area contributed by atoms with Crippen LogP contribution in [0.25, 0.3) is 0 Å². The van der Waals surface area contributed by atoms with Crippen molar-refractivity contribution >= 4 is 17.1 Å². The topological polar surface area (TPSA) is 55.6 Å². The van der Waals surface area contributed by atoms with Gasteiger partial charge in [-0.3, -0.25) is 10.1 Å². The summed E-state index contributed by atoms with van der Waals surface area (Å²) in [6.07, 6.45) is 0. The number of ether oxygens (including phenoxy) is 1. The summed E-state index contributed by atoms with van der Waals surface area (Å²) in [4.78, 5) is 12.8. The van der Waals surface area contributed by atoms with Gasteiger partial charge in [-0.2, -0.15) is 0 Å². The van der Waals surface area contributed by atoms with Crippen molar-refractivity contribution in [3.05, 3.63) is 94.3 Å². The highest BCUT2D eigenvalue weighted by Crippen LogP contribution is 2.51. The van der Waals surface area contributed by atoms with Gasteiger partial charge >= 0.3 is 0 Å². The normalized spacial score (nSPS) is 17.5. The molecule has 1 atom stereocenters. The molecule has 0 aliphatic carbocycles. The maximum absolute atomic E-state index is 13.5. The second-order valence-corrected chi connectivity index (χ2v) is 7.27. The Morgan fingerprint density at radius 1 is 1.04 bits per heavy atom. The predicted molar refractivity (Wildman–Crippen MR) is 106 cm³/mol. The molecule has 0 saturated carbocycles. The van der Waals surface area contributed by atoms with Gasteiger partial charge in [0.2, 0.25) is 0 Å². The van der Waals surface area contributed by atoms with Crippen LogP contribution >= 0.6 is 0 Å². The summed E-state index contributed by atoms with van der Waals surface area (Å²) in [6, 6.07) is 20.5. The van der Waals surface area contributed by atoms with Crippen LogP contribution in [-0.4, -0.2) is 10.5 Å². The van der Waals surface area contributed by atoms with Crippen LogP contribution in [0.4, 0.5) is 21.5 Å². The number of halogens is 1. The van der Waals surface area contributed by atoms with Crippen molar-refractivity contribution in [3.63, 3.8) is 0 Å². The highest BCUT2D eigenvalue weighted by Gasteiger charge is 2.44. The van der Waals surface area contributed by atoms with Gasteiger partial charge in [-0.25, -0.2) is 4.39 Å². The van der Waals surface area contributed by atoms with E-state index in [9.17, 15) is 14.5 Å². The zero-order chi connectivity index (χ0) is 19.9. The molecule has 6 heteroatoms. The van der Waals surface area contributed by atoms with Crippen LogP contribution < -0.4 is 9.64 Å².